The molecule has 4 aromatic rings. The third-order valence-corrected chi connectivity index (χ3v) is 13.1. The van der Waals surface area contributed by atoms with Crippen LogP contribution < -0.4 is 10.2 Å². The van der Waals surface area contributed by atoms with Gasteiger partial charge in [0, 0.05) is 38.8 Å². The van der Waals surface area contributed by atoms with Crippen molar-refractivity contribution in [1.82, 2.24) is 0 Å². The summed E-state index contributed by atoms with van der Waals surface area (Å²) in [5, 5.41) is 5.96. The van der Waals surface area contributed by atoms with Crippen molar-refractivity contribution in [1.29, 1.82) is 0 Å². The molecule has 0 heterocycles. The van der Waals surface area contributed by atoms with Gasteiger partial charge in [0.25, 0.3) is 10.1 Å². The van der Waals surface area contributed by atoms with Gasteiger partial charge in [0.2, 0.25) is 0 Å². The van der Waals surface area contributed by atoms with E-state index in [1.54, 1.807) is 5.30 Å². The van der Waals surface area contributed by atoms with E-state index in [1.165, 1.54) is 81.0 Å². The van der Waals surface area contributed by atoms with Crippen LogP contribution in [0.15, 0.2) is 97.1 Å². The molecule has 0 aliphatic heterocycles. The molecule has 2 aliphatic carbocycles. The van der Waals surface area contributed by atoms with Crippen LogP contribution in [-0.2, 0) is 30.5 Å². The monoisotopic (exact) mass is 777 g/mol. The van der Waals surface area contributed by atoms with Crippen molar-refractivity contribution >= 4 is 34.7 Å². The Bertz CT molecular complexity index is 1600. The van der Waals surface area contributed by atoms with Gasteiger partial charge in [-0.3, -0.25) is 4.55 Å². The molecule has 0 atom stereocenters. The Morgan fingerprint density at radius 3 is 1.71 bits per heavy atom. The fourth-order valence-electron chi connectivity index (χ4n) is 7.12. The zero-order valence-electron chi connectivity index (χ0n) is 28.8. The molecule has 2 aliphatic rings. The van der Waals surface area contributed by atoms with Crippen LogP contribution in [-0.4, -0.2) is 51.7 Å². The van der Waals surface area contributed by atoms with E-state index in [2.05, 4.69) is 85.0 Å². The predicted molar refractivity (Wildman–Crippen MR) is 205 cm³/mol. The van der Waals surface area contributed by atoms with Crippen molar-refractivity contribution in [2.75, 3.05) is 32.3 Å². The first-order valence-electron chi connectivity index (χ1n) is 17.0. The van der Waals surface area contributed by atoms with Crippen LogP contribution in [0.4, 0.5) is 11.4 Å². The van der Waals surface area contributed by atoms with Gasteiger partial charge in [-0.25, -0.2) is 0 Å². The van der Waals surface area contributed by atoms with E-state index in [4.69, 9.17) is 4.55 Å². The van der Waals surface area contributed by atoms with Gasteiger partial charge in [-0.05, 0) is 63.5 Å². The Labute approximate surface area is 305 Å². The molecule has 6 rings (SSSR count). The zero-order chi connectivity index (χ0) is 33.6. The van der Waals surface area contributed by atoms with Gasteiger partial charge in [-0.15, -0.1) is 48.5 Å². The molecule has 0 bridgehead atoms. The van der Waals surface area contributed by atoms with E-state index in [1.807, 2.05) is 49.5 Å². The minimum atomic E-state index is -3.67. The van der Waals surface area contributed by atoms with Crippen LogP contribution in [0, 0.1) is 6.07 Å². The standard InChI is InChI=1S/C26H36NP.C13H11N.CH4O3S.Pd/c1-27(2)25-19-11-9-17-23(25)24-18-10-12-20-26(24)28(21-13-5-3-6-14-21)22-15-7-4-8-16-22;1-14-13-10-6-5-9-12(13)11-7-3-2-4-8-11;1-5(2,3)4;/h9-12,17-22H,3-8,13-16H2,1-2H3;2-7,9-10H,1H3;1H3,(H,2,3,4);/q;-2;;+2/p+1. The number of nitrogens with zero attached hydrogens (tertiary/aromatic N) is 2. The predicted octanol–water partition coefficient (Wildman–Crippen LogP) is 10.2. The second-order valence-electron chi connectivity index (χ2n) is 12.8. The molecule has 0 spiro atoms. The number of rotatable bonds is 7. The van der Waals surface area contributed by atoms with E-state index in [0.717, 1.165) is 28.1 Å². The first-order valence-corrected chi connectivity index (χ1v) is 20.5. The van der Waals surface area contributed by atoms with Gasteiger partial charge in [0.1, 0.15) is 0 Å². The van der Waals surface area contributed by atoms with Gasteiger partial charge < -0.3 is 10.2 Å². The van der Waals surface area contributed by atoms with E-state index >= 15 is 0 Å². The third kappa shape index (κ3) is 12.1. The average Bonchev–Trinajstić information content (AvgIpc) is 3.09. The zero-order valence-corrected chi connectivity index (χ0v) is 32.2. The Kier molecular flexibility index (Phi) is 16.8. The van der Waals surface area contributed by atoms with Crippen LogP contribution in [0.5, 0.6) is 0 Å². The van der Waals surface area contributed by atoms with E-state index < -0.39 is 18.0 Å². The van der Waals surface area contributed by atoms with Crippen LogP contribution >= 0.6 is 7.92 Å². The molecular formula is C40H52N2O3PPdS+. The van der Waals surface area contributed by atoms with Crippen LogP contribution in [0.3, 0.4) is 0 Å². The van der Waals surface area contributed by atoms with E-state index in [-0.39, 0.29) is 20.4 Å². The van der Waals surface area contributed by atoms with E-state index in [0.29, 0.717) is 6.26 Å². The molecule has 0 aromatic heterocycles. The van der Waals surface area contributed by atoms with Crippen molar-refractivity contribution in [3.05, 3.63) is 108 Å². The molecule has 0 saturated heterocycles. The molecule has 1 N–H and O–H groups in total. The Morgan fingerprint density at radius 2 is 1.19 bits per heavy atom. The minimum Gasteiger partial charge on any atom is -0.694 e. The molecule has 48 heavy (non-hydrogen) atoms. The normalized spacial score (nSPS) is 15.2. The van der Waals surface area contributed by atoms with Crippen molar-refractivity contribution in [3.8, 4) is 22.3 Å². The molecule has 260 valence electrons. The fourth-order valence-corrected chi connectivity index (χ4v) is 11.5. The SMILES string of the molecule is CN(C)c1ccccc1-c1ccccc1[PH+](C1CCCCC1)C1CCCCC1.CS(=O)(=O)O.C[N-]c1ccccc1-c1[c-]cccc1.[Pd+2]. The summed E-state index contributed by atoms with van der Waals surface area (Å²) in [6, 6.07) is 37.7. The Morgan fingerprint density at radius 1 is 0.708 bits per heavy atom. The van der Waals surface area contributed by atoms with Gasteiger partial charge in [0.05, 0.1) is 22.9 Å². The van der Waals surface area contributed by atoms with Gasteiger partial charge in [-0.1, -0.05) is 73.5 Å². The molecule has 0 amide bonds. The van der Waals surface area contributed by atoms with Crippen molar-refractivity contribution < 1.29 is 33.4 Å². The topological polar surface area (TPSA) is 71.7 Å². The summed E-state index contributed by atoms with van der Waals surface area (Å²) in [6.07, 6.45) is 15.4. The first kappa shape index (κ1) is 39.9. The smallest absolute Gasteiger partial charge is 0.694 e. The van der Waals surface area contributed by atoms with Crippen molar-refractivity contribution in [3.63, 3.8) is 0 Å². The summed E-state index contributed by atoms with van der Waals surface area (Å²) in [5.74, 6) is 0. The summed E-state index contributed by atoms with van der Waals surface area (Å²) in [4.78, 5) is 2.28. The molecule has 2 saturated carbocycles. The summed E-state index contributed by atoms with van der Waals surface area (Å²) < 4.78 is 25.9. The largest absolute Gasteiger partial charge is 2.00 e. The molecule has 0 radical (unpaired) electrons. The second kappa shape index (κ2) is 20.2. The molecule has 2 fully saturated rings. The third-order valence-electron chi connectivity index (χ3n) is 9.15. The van der Waals surface area contributed by atoms with Gasteiger partial charge >= 0.3 is 20.4 Å². The summed E-state index contributed by atoms with van der Waals surface area (Å²) >= 11 is 0. The van der Waals surface area contributed by atoms with Gasteiger partial charge in [0.15, 0.2) is 0 Å². The maximum atomic E-state index is 9.19. The maximum Gasteiger partial charge on any atom is 2.00 e. The quantitative estimate of drug-likeness (QED) is 0.0878. The van der Waals surface area contributed by atoms with Crippen LogP contribution in [0.1, 0.15) is 64.2 Å². The molecule has 5 nitrogen and oxygen atoms in total. The first-order chi connectivity index (χ1) is 22.7. The molecular weight excluding hydrogens is 726 g/mol. The Balaban J connectivity index is 0.000000261. The van der Waals surface area contributed by atoms with E-state index in [9.17, 15) is 8.42 Å². The number of hydrogen-bond acceptors (Lipinski definition) is 3. The minimum absolute atomic E-state index is 0. The molecule has 0 unspecified atom stereocenters. The Hall–Kier alpha value is -2.52. The van der Waals surface area contributed by atoms with Crippen LogP contribution in [0.25, 0.3) is 27.6 Å². The number of hydrogen-bond donors (Lipinski definition) is 1. The number of anilines is 1. The van der Waals surface area contributed by atoms with Crippen molar-refractivity contribution in [2.24, 2.45) is 0 Å². The fraction of sp³-hybridized carbons (Fsp3) is 0.400. The molecule has 4 aromatic carbocycles. The summed E-state index contributed by atoms with van der Waals surface area (Å²) in [7, 11) is 1.93. The van der Waals surface area contributed by atoms with Crippen LogP contribution in [0.2, 0.25) is 0 Å². The average molecular weight is 778 g/mol. The summed E-state index contributed by atoms with van der Waals surface area (Å²) in [6.45, 7) is 0. The number of benzene rings is 4. The van der Waals surface area contributed by atoms with Gasteiger partial charge in [-0.2, -0.15) is 14.1 Å². The molecule has 8 heteroatoms. The maximum absolute atomic E-state index is 9.19. The van der Waals surface area contributed by atoms with Crippen molar-refractivity contribution in [2.45, 2.75) is 75.5 Å². The summed E-state index contributed by atoms with van der Waals surface area (Å²) in [5.41, 5.74) is 9.50. The number of para-hydroxylation sites is 2. The second-order valence-corrected chi connectivity index (χ2v) is 17.4.